The molecule has 1 aliphatic carbocycles. The SMILES string of the molecule is CN(C)S(=O)(=O)c1ccc(SCCC(=O)NC2CCCCC2)nc1. The summed E-state index contributed by atoms with van der Waals surface area (Å²) >= 11 is 1.46. The molecule has 0 radical (unpaired) electrons. The van der Waals surface area contributed by atoms with Gasteiger partial charge >= 0.3 is 0 Å². The second-order valence-electron chi connectivity index (χ2n) is 6.12. The van der Waals surface area contributed by atoms with E-state index >= 15 is 0 Å². The maximum Gasteiger partial charge on any atom is 0.244 e. The fraction of sp³-hybridized carbons (Fsp3) is 0.625. The highest BCUT2D eigenvalue weighted by Crippen LogP contribution is 2.20. The summed E-state index contributed by atoms with van der Waals surface area (Å²) in [6.45, 7) is 0. The van der Waals surface area contributed by atoms with Crippen molar-refractivity contribution in [2.75, 3.05) is 19.8 Å². The molecule has 1 aromatic rings. The number of nitrogens with one attached hydrogen (secondary N) is 1. The largest absolute Gasteiger partial charge is 0.353 e. The van der Waals surface area contributed by atoms with Crippen LogP contribution in [0.1, 0.15) is 38.5 Å². The monoisotopic (exact) mass is 371 g/mol. The number of amides is 1. The molecule has 2 rings (SSSR count). The van der Waals surface area contributed by atoms with Crippen molar-refractivity contribution in [1.29, 1.82) is 0 Å². The lowest BCUT2D eigenvalue weighted by atomic mass is 9.95. The number of nitrogens with zero attached hydrogens (tertiary/aromatic N) is 2. The number of carbonyl (C=O) groups is 1. The first-order valence-electron chi connectivity index (χ1n) is 8.20. The number of thioether (sulfide) groups is 1. The summed E-state index contributed by atoms with van der Waals surface area (Å²) in [6, 6.07) is 3.57. The van der Waals surface area contributed by atoms with E-state index in [2.05, 4.69) is 10.3 Å². The smallest absolute Gasteiger partial charge is 0.244 e. The van der Waals surface area contributed by atoms with Crippen molar-refractivity contribution in [3.63, 3.8) is 0 Å². The third kappa shape index (κ3) is 5.46. The van der Waals surface area contributed by atoms with Crippen LogP contribution in [-0.4, -0.2) is 49.5 Å². The van der Waals surface area contributed by atoms with Crippen LogP contribution in [-0.2, 0) is 14.8 Å². The van der Waals surface area contributed by atoms with Gasteiger partial charge in [0.05, 0.1) is 5.03 Å². The summed E-state index contributed by atoms with van der Waals surface area (Å²) in [7, 11) is -0.469. The third-order valence-electron chi connectivity index (χ3n) is 4.04. The molecule has 134 valence electrons. The minimum atomic E-state index is -3.45. The zero-order valence-corrected chi connectivity index (χ0v) is 15.8. The molecule has 0 aliphatic heterocycles. The van der Waals surface area contributed by atoms with E-state index in [1.165, 1.54) is 51.3 Å². The molecule has 1 N–H and O–H groups in total. The van der Waals surface area contributed by atoms with Crippen molar-refractivity contribution in [3.8, 4) is 0 Å². The van der Waals surface area contributed by atoms with Crippen LogP contribution in [0.25, 0.3) is 0 Å². The lowest BCUT2D eigenvalue weighted by Gasteiger charge is -2.22. The molecule has 1 fully saturated rings. The quantitative estimate of drug-likeness (QED) is 0.744. The van der Waals surface area contributed by atoms with Crippen LogP contribution in [0, 0.1) is 0 Å². The van der Waals surface area contributed by atoms with Gasteiger partial charge in [-0.25, -0.2) is 17.7 Å². The highest BCUT2D eigenvalue weighted by atomic mass is 32.2. The molecule has 0 spiro atoms. The zero-order valence-electron chi connectivity index (χ0n) is 14.2. The average molecular weight is 372 g/mol. The minimum absolute atomic E-state index is 0.0844. The summed E-state index contributed by atoms with van der Waals surface area (Å²) in [5.41, 5.74) is 0. The number of carbonyl (C=O) groups excluding carboxylic acids is 1. The van der Waals surface area contributed by atoms with Gasteiger partial charge in [0.25, 0.3) is 0 Å². The lowest BCUT2D eigenvalue weighted by Crippen LogP contribution is -2.36. The molecule has 0 bridgehead atoms. The van der Waals surface area contributed by atoms with Crippen LogP contribution >= 0.6 is 11.8 Å². The Bertz CT molecular complexity index is 639. The van der Waals surface area contributed by atoms with E-state index in [9.17, 15) is 13.2 Å². The van der Waals surface area contributed by atoms with E-state index < -0.39 is 10.0 Å². The second-order valence-corrected chi connectivity index (χ2v) is 9.39. The highest BCUT2D eigenvalue weighted by molar-refractivity contribution is 7.99. The Hall–Kier alpha value is -1.12. The third-order valence-corrected chi connectivity index (χ3v) is 6.78. The first kappa shape index (κ1) is 19.2. The van der Waals surface area contributed by atoms with Crippen LogP contribution in [0.4, 0.5) is 0 Å². The van der Waals surface area contributed by atoms with Crippen molar-refractivity contribution < 1.29 is 13.2 Å². The number of aromatic nitrogens is 1. The average Bonchev–Trinajstić information content (AvgIpc) is 2.56. The molecule has 1 amide bonds. The Morgan fingerprint density at radius 1 is 1.29 bits per heavy atom. The van der Waals surface area contributed by atoms with Crippen LogP contribution in [0.2, 0.25) is 0 Å². The van der Waals surface area contributed by atoms with Gasteiger partial charge in [0.15, 0.2) is 0 Å². The van der Waals surface area contributed by atoms with Crippen LogP contribution in [0.5, 0.6) is 0 Å². The van der Waals surface area contributed by atoms with Gasteiger partial charge in [0.2, 0.25) is 15.9 Å². The van der Waals surface area contributed by atoms with E-state index in [1.54, 1.807) is 12.1 Å². The molecule has 24 heavy (non-hydrogen) atoms. The summed E-state index contributed by atoms with van der Waals surface area (Å²) in [4.78, 5) is 16.3. The molecule has 1 aromatic heterocycles. The molecule has 0 atom stereocenters. The molecular weight excluding hydrogens is 346 g/mol. The maximum atomic E-state index is 12.0. The molecule has 1 aliphatic rings. The Balaban J connectivity index is 1.77. The van der Waals surface area contributed by atoms with Crippen molar-refractivity contribution in [2.24, 2.45) is 0 Å². The van der Waals surface area contributed by atoms with Crippen molar-refractivity contribution >= 4 is 27.7 Å². The Morgan fingerprint density at radius 2 is 2.00 bits per heavy atom. The topological polar surface area (TPSA) is 79.4 Å². The lowest BCUT2D eigenvalue weighted by molar-refractivity contribution is -0.121. The summed E-state index contributed by atoms with van der Waals surface area (Å²) in [6.07, 6.45) is 7.65. The Kier molecular flexibility index (Phi) is 7.06. The van der Waals surface area contributed by atoms with Crippen molar-refractivity contribution in [2.45, 2.75) is 54.5 Å². The molecular formula is C16H25N3O3S2. The fourth-order valence-corrected chi connectivity index (χ4v) is 4.25. The minimum Gasteiger partial charge on any atom is -0.353 e. The van der Waals surface area contributed by atoms with Gasteiger partial charge in [0.1, 0.15) is 4.90 Å². The van der Waals surface area contributed by atoms with Gasteiger partial charge in [0, 0.05) is 38.5 Å². The van der Waals surface area contributed by atoms with E-state index in [-0.39, 0.29) is 10.8 Å². The molecule has 0 aromatic carbocycles. The van der Waals surface area contributed by atoms with E-state index in [4.69, 9.17) is 0 Å². The number of sulfonamides is 1. The zero-order chi connectivity index (χ0) is 17.6. The van der Waals surface area contributed by atoms with Crippen molar-refractivity contribution in [1.82, 2.24) is 14.6 Å². The predicted octanol–water partition coefficient (Wildman–Crippen LogP) is 2.26. The van der Waals surface area contributed by atoms with Gasteiger partial charge in [-0.2, -0.15) is 0 Å². The van der Waals surface area contributed by atoms with Crippen molar-refractivity contribution in [3.05, 3.63) is 18.3 Å². The first-order chi connectivity index (χ1) is 11.4. The van der Waals surface area contributed by atoms with Gasteiger partial charge in [-0.05, 0) is 25.0 Å². The number of hydrogen-bond acceptors (Lipinski definition) is 5. The highest BCUT2D eigenvalue weighted by Gasteiger charge is 2.18. The van der Waals surface area contributed by atoms with Gasteiger partial charge in [-0.3, -0.25) is 4.79 Å². The Morgan fingerprint density at radius 3 is 2.58 bits per heavy atom. The number of hydrogen-bond donors (Lipinski definition) is 1. The number of rotatable bonds is 7. The summed E-state index contributed by atoms with van der Waals surface area (Å²) < 4.78 is 25.1. The summed E-state index contributed by atoms with van der Waals surface area (Å²) in [5.74, 6) is 0.715. The number of pyridine rings is 1. The van der Waals surface area contributed by atoms with E-state index in [0.29, 0.717) is 18.2 Å². The standard InChI is InChI=1S/C16H25N3O3S2/c1-19(2)24(21,22)14-8-9-16(17-12-14)23-11-10-15(20)18-13-6-4-3-5-7-13/h8-9,12-13H,3-7,10-11H2,1-2H3,(H,18,20). The molecule has 0 unspecified atom stereocenters. The van der Waals surface area contributed by atoms with E-state index in [1.807, 2.05) is 0 Å². The van der Waals surface area contributed by atoms with Gasteiger partial charge < -0.3 is 5.32 Å². The molecule has 0 saturated heterocycles. The predicted molar refractivity (Wildman–Crippen MR) is 95.5 cm³/mol. The molecule has 1 saturated carbocycles. The molecule has 1 heterocycles. The normalized spacial score (nSPS) is 16.3. The fourth-order valence-electron chi connectivity index (χ4n) is 2.61. The van der Waals surface area contributed by atoms with Crippen LogP contribution in [0.15, 0.2) is 28.3 Å². The second kappa shape index (κ2) is 8.82. The Labute approximate surface area is 148 Å². The van der Waals surface area contributed by atoms with Gasteiger partial charge in [-0.15, -0.1) is 11.8 Å². The first-order valence-corrected chi connectivity index (χ1v) is 10.6. The van der Waals surface area contributed by atoms with E-state index in [0.717, 1.165) is 22.2 Å². The maximum absolute atomic E-state index is 12.0. The summed E-state index contributed by atoms with van der Waals surface area (Å²) in [5, 5.41) is 3.81. The molecule has 8 heteroatoms. The van der Waals surface area contributed by atoms with Crippen LogP contribution in [0.3, 0.4) is 0 Å². The van der Waals surface area contributed by atoms with Crippen LogP contribution < -0.4 is 5.32 Å². The van der Waals surface area contributed by atoms with Gasteiger partial charge in [-0.1, -0.05) is 19.3 Å². The molecule has 6 nitrogen and oxygen atoms in total.